The zero-order valence-corrected chi connectivity index (χ0v) is 9.65. The van der Waals surface area contributed by atoms with Gasteiger partial charge in [0.15, 0.2) is 5.69 Å². The van der Waals surface area contributed by atoms with Crippen molar-refractivity contribution in [2.24, 2.45) is 0 Å². The number of nitrogens with zero attached hydrogens (tertiary/aromatic N) is 1. The largest absolute Gasteiger partial charge is 0.464 e. The van der Waals surface area contributed by atoms with Gasteiger partial charge < -0.3 is 4.74 Å². The number of halogens is 4. The van der Waals surface area contributed by atoms with E-state index in [9.17, 15) is 13.6 Å². The Bertz CT molecular complexity index is 413. The number of carbonyl (C=O) groups is 1. The summed E-state index contributed by atoms with van der Waals surface area (Å²) in [6.45, 7) is 0. The number of methoxy groups -OCH3 is 1. The first-order valence-electron chi connectivity index (χ1n) is 4.13. The van der Waals surface area contributed by atoms with E-state index in [1.54, 1.807) is 0 Å². The summed E-state index contributed by atoms with van der Waals surface area (Å²) in [4.78, 5) is 14.8. The first-order valence-corrected chi connectivity index (χ1v) is 5.04. The lowest BCUT2D eigenvalue weighted by molar-refractivity contribution is 0.0593. The zero-order valence-electron chi connectivity index (χ0n) is 8.14. The summed E-state index contributed by atoms with van der Waals surface area (Å²) in [6, 6.07) is 0.975. The van der Waals surface area contributed by atoms with E-state index in [1.807, 2.05) is 0 Å². The van der Waals surface area contributed by atoms with Crippen molar-refractivity contribution in [2.75, 3.05) is 7.11 Å². The number of pyridine rings is 1. The zero-order chi connectivity index (χ0) is 12.3. The van der Waals surface area contributed by atoms with Crippen LogP contribution in [0.25, 0.3) is 0 Å². The molecular weight excluding hydrogens is 263 g/mol. The molecule has 7 heteroatoms. The Labute approximate surface area is 100 Å². The van der Waals surface area contributed by atoms with E-state index >= 15 is 0 Å². The molecular formula is C9H7Cl2F2NO2. The third-order valence-electron chi connectivity index (χ3n) is 1.83. The van der Waals surface area contributed by atoms with Gasteiger partial charge in [-0.25, -0.2) is 18.6 Å². The number of carbonyl (C=O) groups excluding carboxylic acids is 1. The average Bonchev–Trinajstić information content (AvgIpc) is 2.27. The molecule has 0 atom stereocenters. The van der Waals surface area contributed by atoms with Gasteiger partial charge >= 0.3 is 5.97 Å². The molecule has 16 heavy (non-hydrogen) atoms. The third-order valence-corrected chi connectivity index (χ3v) is 2.37. The van der Waals surface area contributed by atoms with Crippen molar-refractivity contribution in [1.29, 1.82) is 0 Å². The molecule has 0 radical (unpaired) electrons. The lowest BCUT2D eigenvalue weighted by atomic mass is 10.2. The molecule has 0 saturated carbocycles. The van der Waals surface area contributed by atoms with E-state index in [1.165, 1.54) is 0 Å². The SMILES string of the molecule is COC(=O)c1nc(CCl)c(C(F)F)cc1Cl. The Morgan fingerprint density at radius 2 is 2.25 bits per heavy atom. The summed E-state index contributed by atoms with van der Waals surface area (Å²) in [7, 11) is 1.14. The Morgan fingerprint density at radius 3 is 2.69 bits per heavy atom. The number of hydrogen-bond acceptors (Lipinski definition) is 3. The van der Waals surface area contributed by atoms with Crippen LogP contribution in [0.15, 0.2) is 6.07 Å². The normalized spacial score (nSPS) is 10.6. The highest BCUT2D eigenvalue weighted by molar-refractivity contribution is 6.33. The van der Waals surface area contributed by atoms with Gasteiger partial charge in [-0.3, -0.25) is 0 Å². The molecule has 88 valence electrons. The van der Waals surface area contributed by atoms with E-state index in [-0.39, 0.29) is 27.9 Å². The molecule has 0 amide bonds. The van der Waals surface area contributed by atoms with Gasteiger partial charge in [0, 0.05) is 5.56 Å². The summed E-state index contributed by atoms with van der Waals surface area (Å²) in [5.41, 5.74) is -0.682. The van der Waals surface area contributed by atoms with Gasteiger partial charge in [-0.15, -0.1) is 11.6 Å². The molecule has 0 aliphatic heterocycles. The van der Waals surface area contributed by atoms with Crippen LogP contribution in [-0.4, -0.2) is 18.1 Å². The fourth-order valence-corrected chi connectivity index (χ4v) is 1.53. The van der Waals surface area contributed by atoms with E-state index < -0.39 is 12.4 Å². The number of ether oxygens (including phenoxy) is 1. The fourth-order valence-electron chi connectivity index (χ4n) is 1.08. The van der Waals surface area contributed by atoms with Crippen molar-refractivity contribution in [1.82, 2.24) is 4.98 Å². The highest BCUT2D eigenvalue weighted by Crippen LogP contribution is 2.28. The van der Waals surface area contributed by atoms with Crippen LogP contribution in [0.2, 0.25) is 5.02 Å². The van der Waals surface area contributed by atoms with E-state index in [0.717, 1.165) is 13.2 Å². The number of esters is 1. The summed E-state index contributed by atoms with van der Waals surface area (Å²) < 4.78 is 29.5. The summed E-state index contributed by atoms with van der Waals surface area (Å²) in [6.07, 6.45) is -2.74. The maximum absolute atomic E-state index is 12.5. The molecule has 0 N–H and O–H groups in total. The van der Waals surface area contributed by atoms with Crippen molar-refractivity contribution in [3.05, 3.63) is 28.0 Å². The molecule has 0 fully saturated rings. The molecule has 1 aromatic rings. The van der Waals surface area contributed by atoms with Gasteiger partial charge in [-0.05, 0) is 6.07 Å². The molecule has 0 unspecified atom stereocenters. The van der Waals surface area contributed by atoms with Gasteiger partial charge in [0.1, 0.15) is 0 Å². The molecule has 1 heterocycles. The number of rotatable bonds is 3. The van der Waals surface area contributed by atoms with Crippen LogP contribution < -0.4 is 0 Å². The second-order valence-corrected chi connectivity index (χ2v) is 3.46. The standard InChI is InChI=1S/C9H7Cl2F2NO2/c1-16-9(15)7-5(11)2-4(8(12)13)6(3-10)14-7/h2,8H,3H2,1H3. The van der Waals surface area contributed by atoms with Crippen molar-refractivity contribution >= 4 is 29.2 Å². The van der Waals surface area contributed by atoms with Crippen LogP contribution in [0.5, 0.6) is 0 Å². The monoisotopic (exact) mass is 269 g/mol. The second-order valence-electron chi connectivity index (χ2n) is 2.78. The Balaban J connectivity index is 3.31. The molecule has 3 nitrogen and oxygen atoms in total. The topological polar surface area (TPSA) is 39.2 Å². The second kappa shape index (κ2) is 5.41. The van der Waals surface area contributed by atoms with Crippen molar-refractivity contribution in [2.45, 2.75) is 12.3 Å². The van der Waals surface area contributed by atoms with Gasteiger partial charge in [0.25, 0.3) is 6.43 Å². The minimum atomic E-state index is -2.74. The van der Waals surface area contributed by atoms with Crippen LogP contribution in [0.4, 0.5) is 8.78 Å². The molecule has 0 bridgehead atoms. The van der Waals surface area contributed by atoms with Crippen LogP contribution >= 0.6 is 23.2 Å². The van der Waals surface area contributed by atoms with Crippen molar-refractivity contribution in [3.8, 4) is 0 Å². The van der Waals surface area contributed by atoms with Crippen LogP contribution in [0.1, 0.15) is 28.2 Å². The average molecular weight is 270 g/mol. The van der Waals surface area contributed by atoms with Crippen LogP contribution in [0.3, 0.4) is 0 Å². The molecule has 0 saturated heterocycles. The third kappa shape index (κ3) is 2.59. The fraction of sp³-hybridized carbons (Fsp3) is 0.333. The van der Waals surface area contributed by atoms with Crippen molar-refractivity contribution in [3.63, 3.8) is 0 Å². The van der Waals surface area contributed by atoms with Gasteiger partial charge in [-0.1, -0.05) is 11.6 Å². The molecule has 1 aromatic heterocycles. The molecule has 0 spiro atoms. The Kier molecular flexibility index (Phi) is 4.44. The Morgan fingerprint density at radius 1 is 1.62 bits per heavy atom. The quantitative estimate of drug-likeness (QED) is 0.625. The lowest BCUT2D eigenvalue weighted by Crippen LogP contribution is -2.09. The molecule has 1 rings (SSSR count). The lowest BCUT2D eigenvalue weighted by Gasteiger charge is -2.09. The minimum absolute atomic E-state index is 0.0820. The van der Waals surface area contributed by atoms with Crippen LogP contribution in [-0.2, 0) is 10.6 Å². The summed E-state index contributed by atoms with van der Waals surface area (Å²) >= 11 is 11.1. The Hall–Kier alpha value is -0.940. The van der Waals surface area contributed by atoms with Crippen molar-refractivity contribution < 1.29 is 18.3 Å². The van der Waals surface area contributed by atoms with Gasteiger partial charge in [0.05, 0.1) is 23.7 Å². The number of alkyl halides is 3. The summed E-state index contributed by atoms with van der Waals surface area (Å²) in [5.74, 6) is -1.03. The maximum atomic E-state index is 12.5. The smallest absolute Gasteiger partial charge is 0.358 e. The predicted molar refractivity (Wildman–Crippen MR) is 55.1 cm³/mol. The number of hydrogen-bond donors (Lipinski definition) is 0. The minimum Gasteiger partial charge on any atom is -0.464 e. The maximum Gasteiger partial charge on any atom is 0.358 e. The highest BCUT2D eigenvalue weighted by atomic mass is 35.5. The van der Waals surface area contributed by atoms with Crippen LogP contribution in [0, 0.1) is 0 Å². The van der Waals surface area contributed by atoms with E-state index in [0.29, 0.717) is 0 Å². The predicted octanol–water partition coefficient (Wildman–Crippen LogP) is 3.20. The molecule has 0 aromatic carbocycles. The van der Waals surface area contributed by atoms with E-state index in [4.69, 9.17) is 23.2 Å². The summed E-state index contributed by atoms with van der Waals surface area (Å²) in [5, 5.41) is -0.184. The molecule has 0 aliphatic rings. The first-order chi connectivity index (χ1) is 7.51. The highest BCUT2D eigenvalue weighted by Gasteiger charge is 2.20. The first kappa shape index (κ1) is 13.1. The number of aromatic nitrogens is 1. The molecule has 0 aliphatic carbocycles. The van der Waals surface area contributed by atoms with E-state index in [2.05, 4.69) is 9.72 Å². The van der Waals surface area contributed by atoms with Gasteiger partial charge in [0.2, 0.25) is 0 Å². The van der Waals surface area contributed by atoms with Gasteiger partial charge in [-0.2, -0.15) is 0 Å².